The summed E-state index contributed by atoms with van der Waals surface area (Å²) in [6, 6.07) is 11.7. The van der Waals surface area contributed by atoms with Gasteiger partial charge in [0, 0.05) is 8.07 Å². The van der Waals surface area contributed by atoms with E-state index in [4.69, 9.17) is 0 Å². The van der Waals surface area contributed by atoms with Gasteiger partial charge in [-0.25, -0.2) is 12.1 Å². The predicted octanol–water partition coefficient (Wildman–Crippen LogP) is 8.48. The summed E-state index contributed by atoms with van der Waals surface area (Å²) in [4.78, 5) is 0. The van der Waals surface area contributed by atoms with Gasteiger partial charge in [0.25, 0.3) is 0 Å². The molecule has 0 spiro atoms. The summed E-state index contributed by atoms with van der Waals surface area (Å²) in [5, 5.41) is 14.4. The summed E-state index contributed by atoms with van der Waals surface area (Å²) in [7, 11) is -0.981. The predicted molar refractivity (Wildman–Crippen MR) is 146 cm³/mol. The Balaban J connectivity index is -0.000000156. The largest absolute Gasteiger partial charge is 4.00 e. The Bertz CT molecular complexity index is 396. The van der Waals surface area contributed by atoms with Crippen LogP contribution in [0.15, 0.2) is 24.3 Å². The van der Waals surface area contributed by atoms with E-state index in [0.717, 1.165) is 0 Å². The van der Waals surface area contributed by atoms with Crippen molar-refractivity contribution in [1.82, 2.24) is 0 Å². The van der Waals surface area contributed by atoms with Crippen LogP contribution < -0.4 is 5.19 Å². The van der Waals surface area contributed by atoms with Crippen molar-refractivity contribution < 1.29 is 25.8 Å². The first-order chi connectivity index (χ1) is 13.5. The molecule has 0 bridgehead atoms. The van der Waals surface area contributed by atoms with Gasteiger partial charge in [-0.1, -0.05) is 103 Å². The zero-order valence-electron chi connectivity index (χ0n) is 23.6. The van der Waals surface area contributed by atoms with Crippen molar-refractivity contribution in [2.45, 2.75) is 139 Å². The molecule has 1 aromatic carbocycles. The second-order valence-electron chi connectivity index (χ2n) is 10.4. The van der Waals surface area contributed by atoms with Crippen LogP contribution in [0, 0.1) is 0 Å². The molecule has 0 saturated carbocycles. The fourth-order valence-electron chi connectivity index (χ4n) is 2.66. The Labute approximate surface area is 217 Å². The SMILES string of the molecule is CC(C)[N-]C(C)C.CC(C)[N-]C(C)C.CC(C)[N-]C(C)C.C[Si](C)(C)[c-]1cccc1.[Hf+4]. The minimum Gasteiger partial charge on any atom is -0.658 e. The first-order valence-corrected chi connectivity index (χ1v) is 15.3. The van der Waals surface area contributed by atoms with Crippen molar-refractivity contribution in [3.05, 3.63) is 40.2 Å². The molecular formula is C26H55HfN3Si. The summed E-state index contributed by atoms with van der Waals surface area (Å²) in [5.74, 6) is 0. The molecule has 0 aliphatic heterocycles. The van der Waals surface area contributed by atoms with Crippen molar-refractivity contribution >= 4 is 13.3 Å². The molecule has 1 rings (SSSR count). The van der Waals surface area contributed by atoms with E-state index in [0.29, 0.717) is 36.3 Å². The van der Waals surface area contributed by atoms with Crippen molar-refractivity contribution in [2.24, 2.45) is 0 Å². The van der Waals surface area contributed by atoms with E-state index in [1.54, 1.807) is 5.19 Å². The molecule has 0 N–H and O–H groups in total. The van der Waals surface area contributed by atoms with Crippen LogP contribution in [0.3, 0.4) is 0 Å². The Hall–Kier alpha value is 0.317. The third-order valence-corrected chi connectivity index (χ3v) is 5.38. The summed E-state index contributed by atoms with van der Waals surface area (Å²) >= 11 is 0. The van der Waals surface area contributed by atoms with E-state index >= 15 is 0 Å². The Kier molecular flexibility index (Phi) is 27.5. The van der Waals surface area contributed by atoms with Gasteiger partial charge in [-0.05, 0) is 0 Å². The average Bonchev–Trinajstić information content (AvgIpc) is 2.98. The molecule has 0 radical (unpaired) electrons. The first-order valence-electron chi connectivity index (χ1n) is 11.8. The molecule has 182 valence electrons. The Morgan fingerprint density at radius 2 is 0.677 bits per heavy atom. The zero-order chi connectivity index (χ0) is 24.5. The molecule has 0 saturated heterocycles. The maximum absolute atomic E-state index is 4.28. The third-order valence-electron chi connectivity index (χ3n) is 3.32. The number of rotatable bonds is 7. The molecule has 0 unspecified atom stereocenters. The topological polar surface area (TPSA) is 42.3 Å². The van der Waals surface area contributed by atoms with Crippen molar-refractivity contribution in [2.75, 3.05) is 0 Å². The summed E-state index contributed by atoms with van der Waals surface area (Å²) in [5.41, 5.74) is 0. The van der Waals surface area contributed by atoms with Gasteiger partial charge in [-0.2, -0.15) is 17.3 Å². The van der Waals surface area contributed by atoms with E-state index in [-0.39, 0.29) is 25.8 Å². The third kappa shape index (κ3) is 37.9. The smallest absolute Gasteiger partial charge is 0.658 e. The molecule has 0 fully saturated rings. The van der Waals surface area contributed by atoms with Gasteiger partial charge >= 0.3 is 25.8 Å². The molecule has 0 aromatic heterocycles. The number of hydrogen-bond donors (Lipinski definition) is 0. The first kappa shape index (κ1) is 38.6. The van der Waals surface area contributed by atoms with Crippen molar-refractivity contribution in [3.63, 3.8) is 0 Å². The quantitative estimate of drug-likeness (QED) is 0.218. The summed E-state index contributed by atoms with van der Waals surface area (Å²) in [6.07, 6.45) is 0. The zero-order valence-corrected chi connectivity index (χ0v) is 28.2. The van der Waals surface area contributed by atoms with Crippen LogP contribution in [0.4, 0.5) is 0 Å². The van der Waals surface area contributed by atoms with Gasteiger partial charge in [0.15, 0.2) is 0 Å². The fourth-order valence-corrected chi connectivity index (χ4v) is 3.86. The maximum Gasteiger partial charge on any atom is 4.00 e. The van der Waals surface area contributed by atoms with Gasteiger partial charge in [-0.3, -0.25) is 0 Å². The minimum absolute atomic E-state index is 0. The minimum atomic E-state index is -0.981. The van der Waals surface area contributed by atoms with E-state index in [9.17, 15) is 0 Å². The molecule has 31 heavy (non-hydrogen) atoms. The molecule has 3 nitrogen and oxygen atoms in total. The van der Waals surface area contributed by atoms with Crippen molar-refractivity contribution in [1.29, 1.82) is 0 Å². The molecular weight excluding hydrogens is 561 g/mol. The van der Waals surface area contributed by atoms with E-state index in [1.807, 2.05) is 0 Å². The molecule has 5 heteroatoms. The van der Waals surface area contributed by atoms with Gasteiger partial charge in [0.05, 0.1) is 0 Å². The number of hydrogen-bond acceptors (Lipinski definition) is 0. The monoisotopic (exact) mass is 617 g/mol. The second-order valence-corrected chi connectivity index (χ2v) is 15.5. The molecule has 0 amide bonds. The molecule has 0 aliphatic carbocycles. The van der Waals surface area contributed by atoms with E-state index < -0.39 is 8.07 Å². The molecule has 0 atom stereocenters. The summed E-state index contributed by atoms with van der Waals surface area (Å²) < 4.78 is 0. The van der Waals surface area contributed by atoms with Gasteiger partial charge in [-0.15, -0.1) is 36.3 Å². The van der Waals surface area contributed by atoms with Crippen LogP contribution in [0.1, 0.15) is 83.1 Å². The Morgan fingerprint density at radius 1 is 0.484 bits per heavy atom. The Morgan fingerprint density at radius 3 is 0.742 bits per heavy atom. The van der Waals surface area contributed by atoms with Gasteiger partial charge < -0.3 is 16.0 Å². The molecule has 0 heterocycles. The standard InChI is InChI=1S/C8H13Si.3C6H14N.Hf/c1-9(2,3)8-6-4-5-7-8;3*1-5(2)7-6(3)4;/h4-7H,1-3H3;3*5-6H,1-4H3;/q4*-1;+4. The second kappa shape index (κ2) is 22.1. The maximum atomic E-state index is 4.28. The van der Waals surface area contributed by atoms with Crippen LogP contribution in [-0.2, 0) is 25.8 Å². The average molecular weight is 616 g/mol. The van der Waals surface area contributed by atoms with E-state index in [1.165, 1.54) is 0 Å². The van der Waals surface area contributed by atoms with Crippen molar-refractivity contribution in [3.8, 4) is 0 Å². The van der Waals surface area contributed by atoms with Crippen LogP contribution in [0.2, 0.25) is 19.6 Å². The van der Waals surface area contributed by atoms with Gasteiger partial charge in [0.1, 0.15) is 0 Å². The van der Waals surface area contributed by atoms with Crippen LogP contribution in [0.5, 0.6) is 0 Å². The normalized spacial score (nSPS) is 11.0. The fraction of sp³-hybridized carbons (Fsp3) is 0.808. The van der Waals surface area contributed by atoms with Crippen LogP contribution in [-0.4, -0.2) is 44.3 Å². The summed E-state index contributed by atoms with van der Waals surface area (Å²) in [6.45, 7) is 32.3. The number of nitrogens with zero attached hydrogens (tertiary/aromatic N) is 3. The molecule has 1 aromatic rings. The van der Waals surface area contributed by atoms with Gasteiger partial charge in [0.2, 0.25) is 0 Å². The van der Waals surface area contributed by atoms with E-state index in [2.05, 4.69) is 143 Å². The van der Waals surface area contributed by atoms with Crippen LogP contribution >= 0.6 is 0 Å². The van der Waals surface area contributed by atoms with Crippen LogP contribution in [0.25, 0.3) is 16.0 Å². The molecule has 0 aliphatic rings.